The minimum atomic E-state index is -1.03. The maximum absolute atomic E-state index is 10.8. The molecule has 49 heavy (non-hydrogen) atoms. The topological polar surface area (TPSA) is 81.7 Å². The van der Waals surface area contributed by atoms with Gasteiger partial charge in [-0.2, -0.15) is 0 Å². The number of hydrogen-bond donors (Lipinski definition) is 1. The molecule has 0 spiro atoms. The summed E-state index contributed by atoms with van der Waals surface area (Å²) in [6.45, 7) is 7.75. The first-order valence-corrected chi connectivity index (χ1v) is 16.8. The molecule has 0 saturated carbocycles. The van der Waals surface area contributed by atoms with Crippen molar-refractivity contribution in [3.8, 4) is 28.2 Å². The average molecular weight is 645 g/mol. The van der Waals surface area contributed by atoms with Gasteiger partial charge in [0, 0.05) is 23.4 Å². The van der Waals surface area contributed by atoms with Crippen molar-refractivity contribution in [3.05, 3.63) is 173 Å². The third kappa shape index (κ3) is 5.66. The number of hydrogen-bond acceptors (Lipinski definition) is 5. The highest BCUT2D eigenvalue weighted by Crippen LogP contribution is 2.43. The van der Waals surface area contributed by atoms with E-state index in [1.54, 1.807) is 13.8 Å². The largest absolute Gasteiger partial charge is 0.384 e. The maximum atomic E-state index is 10.8. The Morgan fingerprint density at radius 3 is 1.67 bits per heavy atom. The molecule has 0 radical (unpaired) electrons. The minimum absolute atomic E-state index is 0.654. The van der Waals surface area contributed by atoms with Crippen molar-refractivity contribution in [2.45, 2.75) is 51.7 Å². The quantitative estimate of drug-likeness (QED) is 0.151. The molecule has 0 aliphatic carbocycles. The van der Waals surface area contributed by atoms with Gasteiger partial charge in [-0.25, -0.2) is 9.67 Å². The zero-order valence-electron chi connectivity index (χ0n) is 28.3. The first-order chi connectivity index (χ1) is 23.8. The number of aromatic nitrogens is 6. The van der Waals surface area contributed by atoms with Gasteiger partial charge in [0.2, 0.25) is 0 Å². The fourth-order valence-corrected chi connectivity index (χ4v) is 7.08. The van der Waals surface area contributed by atoms with Crippen LogP contribution < -0.4 is 0 Å². The van der Waals surface area contributed by atoms with E-state index in [0.29, 0.717) is 11.5 Å². The van der Waals surface area contributed by atoms with Crippen LogP contribution in [0.2, 0.25) is 0 Å². The standard InChI is InChI=1S/C42H40N6O/c1-5-17-38-43-39(41(3,4)49)30(2)47(38)35-28-26-31(27-29-35)36-24-15-16-25-37(36)40-44-45-46-48(40)42(32-18-9-6-10-19-32,33-20-11-7-12-21-33)34-22-13-8-14-23-34/h6-16,18-29,49H,5,17H2,1-4H3. The molecule has 0 aliphatic rings. The van der Waals surface area contributed by atoms with Gasteiger partial charge < -0.3 is 9.67 Å². The van der Waals surface area contributed by atoms with E-state index >= 15 is 0 Å². The Morgan fingerprint density at radius 2 is 1.16 bits per heavy atom. The third-order valence-electron chi connectivity index (χ3n) is 9.20. The number of aryl methyl sites for hydroxylation is 1. The second-order valence-electron chi connectivity index (χ2n) is 12.9. The highest BCUT2D eigenvalue weighted by atomic mass is 16.3. The highest BCUT2D eigenvalue weighted by Gasteiger charge is 2.42. The van der Waals surface area contributed by atoms with E-state index in [9.17, 15) is 5.11 Å². The Morgan fingerprint density at radius 1 is 0.653 bits per heavy atom. The van der Waals surface area contributed by atoms with Crippen LogP contribution in [0.15, 0.2) is 140 Å². The van der Waals surface area contributed by atoms with E-state index in [4.69, 9.17) is 15.3 Å². The van der Waals surface area contributed by atoms with Crippen LogP contribution in [0.1, 0.15) is 61.1 Å². The van der Waals surface area contributed by atoms with Crippen LogP contribution in [-0.4, -0.2) is 34.9 Å². The molecule has 5 aromatic carbocycles. The van der Waals surface area contributed by atoms with Crippen LogP contribution in [0.4, 0.5) is 0 Å². The van der Waals surface area contributed by atoms with Gasteiger partial charge in [-0.1, -0.05) is 134 Å². The summed E-state index contributed by atoms with van der Waals surface area (Å²) in [7, 11) is 0. The Bertz CT molecular complexity index is 2070. The molecule has 0 amide bonds. The maximum Gasteiger partial charge on any atom is 0.184 e. The number of imidazole rings is 1. The van der Waals surface area contributed by atoms with Gasteiger partial charge in [-0.3, -0.25) is 0 Å². The molecule has 2 heterocycles. The molecular weight excluding hydrogens is 605 g/mol. The highest BCUT2D eigenvalue weighted by molar-refractivity contribution is 5.81. The van der Waals surface area contributed by atoms with E-state index in [1.807, 2.05) is 35.9 Å². The molecule has 0 aliphatic heterocycles. The minimum Gasteiger partial charge on any atom is -0.384 e. The molecule has 7 heteroatoms. The van der Waals surface area contributed by atoms with Crippen LogP contribution in [0.25, 0.3) is 28.2 Å². The van der Waals surface area contributed by atoms with Gasteiger partial charge in [0.05, 0.1) is 5.69 Å². The summed E-state index contributed by atoms with van der Waals surface area (Å²) in [6, 6.07) is 48.2. The molecule has 7 nitrogen and oxygen atoms in total. The van der Waals surface area contributed by atoms with Gasteiger partial charge >= 0.3 is 0 Å². The van der Waals surface area contributed by atoms with E-state index in [0.717, 1.165) is 63.4 Å². The van der Waals surface area contributed by atoms with Gasteiger partial charge in [0.1, 0.15) is 17.0 Å². The lowest BCUT2D eigenvalue weighted by molar-refractivity contribution is 0.0734. The van der Waals surface area contributed by atoms with Crippen molar-refractivity contribution in [2.75, 3.05) is 0 Å². The van der Waals surface area contributed by atoms with Crippen molar-refractivity contribution < 1.29 is 5.11 Å². The summed E-state index contributed by atoms with van der Waals surface area (Å²) < 4.78 is 4.14. The number of nitrogens with zero attached hydrogens (tertiary/aromatic N) is 6. The van der Waals surface area contributed by atoms with Crippen molar-refractivity contribution >= 4 is 0 Å². The van der Waals surface area contributed by atoms with Crippen LogP contribution in [0.3, 0.4) is 0 Å². The van der Waals surface area contributed by atoms with Gasteiger partial charge in [-0.15, -0.1) is 5.10 Å². The normalized spacial score (nSPS) is 11.9. The zero-order valence-corrected chi connectivity index (χ0v) is 28.3. The van der Waals surface area contributed by atoms with Crippen LogP contribution in [0.5, 0.6) is 0 Å². The molecular formula is C42H40N6O. The Hall–Kier alpha value is -5.66. The predicted octanol–water partition coefficient (Wildman–Crippen LogP) is 8.52. The molecule has 0 saturated heterocycles. The van der Waals surface area contributed by atoms with E-state index in [-0.39, 0.29) is 0 Å². The molecule has 1 N–H and O–H groups in total. The Labute approximate surface area is 287 Å². The number of tetrazole rings is 1. The monoisotopic (exact) mass is 644 g/mol. The lowest BCUT2D eigenvalue weighted by Crippen LogP contribution is -2.39. The fourth-order valence-electron chi connectivity index (χ4n) is 7.08. The van der Waals surface area contributed by atoms with Gasteiger partial charge in [-0.05, 0) is 77.6 Å². The summed E-state index contributed by atoms with van der Waals surface area (Å²) in [5, 5.41) is 24.6. The first-order valence-electron chi connectivity index (χ1n) is 16.8. The lowest BCUT2D eigenvalue weighted by Gasteiger charge is -2.36. The summed E-state index contributed by atoms with van der Waals surface area (Å²) >= 11 is 0. The van der Waals surface area contributed by atoms with Crippen LogP contribution in [-0.2, 0) is 17.6 Å². The van der Waals surface area contributed by atoms with E-state index < -0.39 is 11.1 Å². The van der Waals surface area contributed by atoms with Gasteiger partial charge in [0.15, 0.2) is 5.82 Å². The van der Waals surface area contributed by atoms with E-state index in [2.05, 4.69) is 132 Å². The summed E-state index contributed by atoms with van der Waals surface area (Å²) in [4.78, 5) is 4.87. The first kappa shape index (κ1) is 31.9. The summed E-state index contributed by atoms with van der Waals surface area (Å²) in [5.41, 5.74) is 6.89. The molecule has 7 rings (SSSR count). The molecule has 0 unspecified atom stereocenters. The van der Waals surface area contributed by atoms with E-state index in [1.165, 1.54) is 0 Å². The molecule has 0 atom stereocenters. The Kier molecular flexibility index (Phi) is 8.53. The Balaban J connectivity index is 1.40. The van der Waals surface area contributed by atoms with Crippen molar-refractivity contribution in [3.63, 3.8) is 0 Å². The lowest BCUT2D eigenvalue weighted by atomic mass is 9.77. The van der Waals surface area contributed by atoms with Crippen molar-refractivity contribution in [1.82, 2.24) is 29.8 Å². The molecule has 7 aromatic rings. The fraction of sp³-hybridized carbons (Fsp3) is 0.190. The second-order valence-corrected chi connectivity index (χ2v) is 12.9. The van der Waals surface area contributed by atoms with Gasteiger partial charge in [0.25, 0.3) is 0 Å². The zero-order chi connectivity index (χ0) is 34.0. The summed E-state index contributed by atoms with van der Waals surface area (Å²) in [5.74, 6) is 1.60. The number of aliphatic hydroxyl groups is 1. The van der Waals surface area contributed by atoms with Crippen molar-refractivity contribution in [1.29, 1.82) is 0 Å². The molecule has 244 valence electrons. The average Bonchev–Trinajstić information content (AvgIpc) is 3.75. The molecule has 2 aromatic heterocycles. The number of rotatable bonds is 10. The summed E-state index contributed by atoms with van der Waals surface area (Å²) in [6.07, 6.45) is 1.77. The smallest absolute Gasteiger partial charge is 0.184 e. The number of benzene rings is 5. The second kappa shape index (κ2) is 13.1. The third-order valence-corrected chi connectivity index (χ3v) is 9.20. The molecule has 0 fully saturated rings. The van der Waals surface area contributed by atoms with Crippen LogP contribution >= 0.6 is 0 Å². The SMILES string of the molecule is CCCc1nc(C(C)(C)O)c(C)n1-c1ccc(-c2ccccc2-c2nnnn2C(c2ccccc2)(c2ccccc2)c2ccccc2)cc1. The predicted molar refractivity (Wildman–Crippen MR) is 194 cm³/mol. The van der Waals surface area contributed by atoms with Crippen LogP contribution in [0, 0.1) is 6.92 Å². The molecule has 0 bridgehead atoms. The van der Waals surface area contributed by atoms with Crippen molar-refractivity contribution in [2.24, 2.45) is 0 Å².